The molecule has 2 heteroatoms. The molecule has 3 rings (SSSR count). The fraction of sp³-hybridized carbons (Fsp3) is 0.533. The van der Waals surface area contributed by atoms with Crippen LogP contribution in [-0.2, 0) is 0 Å². The van der Waals surface area contributed by atoms with Gasteiger partial charge in [0.05, 0.1) is 0 Å². The molecular weight excluding hydrogens is 210 g/mol. The molecule has 90 valence electrons. The molecule has 0 aromatic heterocycles. The number of hydrogen-bond acceptors (Lipinski definition) is 1. The molecule has 17 heavy (non-hydrogen) atoms. The number of aryl methyl sites for hydroxylation is 1. The number of benzene rings is 1. The highest BCUT2D eigenvalue weighted by molar-refractivity contribution is 5.94. The van der Waals surface area contributed by atoms with Gasteiger partial charge in [0.25, 0.3) is 5.91 Å². The number of hydrogen-bond donors (Lipinski definition) is 1. The summed E-state index contributed by atoms with van der Waals surface area (Å²) in [6.07, 6.45) is 5.21. The first-order valence-electron chi connectivity index (χ1n) is 6.60. The Hall–Kier alpha value is -1.31. The van der Waals surface area contributed by atoms with E-state index in [1.807, 2.05) is 31.2 Å². The first kappa shape index (κ1) is 10.8. The van der Waals surface area contributed by atoms with Gasteiger partial charge in [0.1, 0.15) is 0 Å². The van der Waals surface area contributed by atoms with Crippen LogP contribution in [0, 0.1) is 18.8 Å². The summed E-state index contributed by atoms with van der Waals surface area (Å²) in [6, 6.07) is 8.26. The van der Waals surface area contributed by atoms with Gasteiger partial charge in [-0.25, -0.2) is 0 Å². The van der Waals surface area contributed by atoms with Crippen LogP contribution in [-0.4, -0.2) is 11.9 Å². The molecule has 2 saturated carbocycles. The van der Waals surface area contributed by atoms with E-state index in [4.69, 9.17) is 0 Å². The highest BCUT2D eigenvalue weighted by atomic mass is 16.1. The molecule has 2 aliphatic carbocycles. The van der Waals surface area contributed by atoms with Gasteiger partial charge in [-0.1, -0.05) is 24.1 Å². The molecule has 0 aliphatic heterocycles. The van der Waals surface area contributed by atoms with E-state index in [1.54, 1.807) is 0 Å². The van der Waals surface area contributed by atoms with Crippen LogP contribution in [0.1, 0.15) is 41.6 Å². The predicted octanol–water partition coefficient (Wildman–Crippen LogP) is 2.91. The van der Waals surface area contributed by atoms with Crippen LogP contribution in [0.4, 0.5) is 0 Å². The Kier molecular flexibility index (Phi) is 2.65. The SMILES string of the molecule is Cc1cccc(C(=O)N[C@@H]2C[C@H]3CC[C@H]2C3)c1. The average molecular weight is 229 g/mol. The Morgan fingerprint density at radius 2 is 2.18 bits per heavy atom. The molecular formula is C15H19NO. The molecule has 1 N–H and O–H groups in total. The van der Waals surface area contributed by atoms with Crippen molar-refractivity contribution in [3.8, 4) is 0 Å². The summed E-state index contributed by atoms with van der Waals surface area (Å²) in [5.74, 6) is 1.72. The van der Waals surface area contributed by atoms with E-state index in [0.29, 0.717) is 6.04 Å². The topological polar surface area (TPSA) is 29.1 Å². The second-order valence-corrected chi connectivity index (χ2v) is 5.62. The minimum atomic E-state index is 0.103. The van der Waals surface area contributed by atoms with Crippen molar-refractivity contribution in [3.05, 3.63) is 35.4 Å². The third kappa shape index (κ3) is 2.08. The summed E-state index contributed by atoms with van der Waals surface area (Å²) in [5, 5.41) is 3.21. The monoisotopic (exact) mass is 229 g/mol. The lowest BCUT2D eigenvalue weighted by Crippen LogP contribution is -2.38. The minimum Gasteiger partial charge on any atom is -0.349 e. The highest BCUT2D eigenvalue weighted by Crippen LogP contribution is 2.44. The Bertz CT molecular complexity index is 440. The fourth-order valence-electron chi connectivity index (χ4n) is 3.46. The number of fused-ring (bicyclic) bond motifs is 2. The van der Waals surface area contributed by atoms with Crippen molar-refractivity contribution in [2.45, 2.75) is 38.6 Å². The summed E-state index contributed by atoms with van der Waals surface area (Å²) in [4.78, 5) is 12.1. The zero-order chi connectivity index (χ0) is 11.8. The number of carbonyl (C=O) groups is 1. The smallest absolute Gasteiger partial charge is 0.251 e. The van der Waals surface area contributed by atoms with Gasteiger partial charge >= 0.3 is 0 Å². The third-order valence-electron chi connectivity index (χ3n) is 4.33. The van der Waals surface area contributed by atoms with Gasteiger partial charge < -0.3 is 5.32 Å². The van der Waals surface area contributed by atoms with Crippen LogP contribution in [0.5, 0.6) is 0 Å². The molecule has 2 aliphatic rings. The van der Waals surface area contributed by atoms with Crippen molar-refractivity contribution in [3.63, 3.8) is 0 Å². The van der Waals surface area contributed by atoms with Gasteiger partial charge in [-0.3, -0.25) is 4.79 Å². The Morgan fingerprint density at radius 1 is 1.29 bits per heavy atom. The van der Waals surface area contributed by atoms with Crippen LogP contribution in [0.15, 0.2) is 24.3 Å². The van der Waals surface area contributed by atoms with Gasteiger partial charge in [-0.05, 0) is 50.2 Å². The zero-order valence-corrected chi connectivity index (χ0v) is 10.3. The Morgan fingerprint density at radius 3 is 2.82 bits per heavy atom. The molecule has 2 fully saturated rings. The van der Waals surface area contributed by atoms with Crippen LogP contribution in [0.2, 0.25) is 0 Å². The zero-order valence-electron chi connectivity index (χ0n) is 10.3. The van der Waals surface area contributed by atoms with E-state index in [2.05, 4.69) is 5.32 Å². The normalized spacial score (nSPS) is 30.5. The molecule has 0 saturated heterocycles. The van der Waals surface area contributed by atoms with Crippen LogP contribution >= 0.6 is 0 Å². The third-order valence-corrected chi connectivity index (χ3v) is 4.33. The minimum absolute atomic E-state index is 0.103. The van der Waals surface area contributed by atoms with Crippen LogP contribution in [0.25, 0.3) is 0 Å². The van der Waals surface area contributed by atoms with E-state index in [0.717, 1.165) is 23.0 Å². The van der Waals surface area contributed by atoms with Gasteiger partial charge in [0, 0.05) is 11.6 Å². The first-order chi connectivity index (χ1) is 8.22. The molecule has 2 bridgehead atoms. The summed E-state index contributed by atoms with van der Waals surface area (Å²) in [6.45, 7) is 2.02. The molecule has 1 aromatic rings. The average Bonchev–Trinajstić information content (AvgIpc) is 2.91. The maximum absolute atomic E-state index is 12.1. The Labute approximate surface area is 102 Å². The quantitative estimate of drug-likeness (QED) is 0.830. The van der Waals surface area contributed by atoms with Crippen molar-refractivity contribution in [2.24, 2.45) is 11.8 Å². The van der Waals surface area contributed by atoms with Crippen molar-refractivity contribution < 1.29 is 4.79 Å². The second kappa shape index (κ2) is 4.17. The van der Waals surface area contributed by atoms with E-state index in [9.17, 15) is 4.79 Å². The molecule has 0 radical (unpaired) electrons. The standard InChI is InChI=1S/C15H19NO/c1-10-3-2-4-13(7-10)15(17)16-14-9-11-5-6-12(14)8-11/h2-4,7,11-12,14H,5-6,8-9H2,1H3,(H,16,17)/t11-,12-,14+/m0/s1. The second-order valence-electron chi connectivity index (χ2n) is 5.62. The van der Waals surface area contributed by atoms with E-state index in [-0.39, 0.29) is 5.91 Å². The largest absolute Gasteiger partial charge is 0.349 e. The van der Waals surface area contributed by atoms with Gasteiger partial charge in [0.2, 0.25) is 0 Å². The number of carbonyl (C=O) groups excluding carboxylic acids is 1. The molecule has 1 amide bonds. The lowest BCUT2D eigenvalue weighted by Gasteiger charge is -2.22. The lowest BCUT2D eigenvalue weighted by atomic mass is 9.95. The molecule has 0 spiro atoms. The number of rotatable bonds is 2. The highest BCUT2D eigenvalue weighted by Gasteiger charge is 2.40. The van der Waals surface area contributed by atoms with E-state index in [1.165, 1.54) is 25.7 Å². The van der Waals surface area contributed by atoms with Crippen molar-refractivity contribution >= 4 is 5.91 Å². The fourth-order valence-corrected chi connectivity index (χ4v) is 3.46. The van der Waals surface area contributed by atoms with Crippen molar-refractivity contribution in [1.82, 2.24) is 5.32 Å². The van der Waals surface area contributed by atoms with Crippen LogP contribution in [0.3, 0.4) is 0 Å². The van der Waals surface area contributed by atoms with Crippen molar-refractivity contribution in [2.75, 3.05) is 0 Å². The molecule has 0 heterocycles. The van der Waals surface area contributed by atoms with Gasteiger partial charge in [-0.2, -0.15) is 0 Å². The first-order valence-corrected chi connectivity index (χ1v) is 6.60. The summed E-state index contributed by atoms with van der Waals surface area (Å²) < 4.78 is 0. The molecule has 3 atom stereocenters. The summed E-state index contributed by atoms with van der Waals surface area (Å²) in [5.41, 5.74) is 1.94. The maximum atomic E-state index is 12.1. The summed E-state index contributed by atoms with van der Waals surface area (Å²) in [7, 11) is 0. The van der Waals surface area contributed by atoms with E-state index >= 15 is 0 Å². The number of amides is 1. The van der Waals surface area contributed by atoms with Crippen molar-refractivity contribution in [1.29, 1.82) is 0 Å². The molecule has 0 unspecified atom stereocenters. The lowest BCUT2D eigenvalue weighted by molar-refractivity contribution is 0.0923. The summed E-state index contributed by atoms with van der Waals surface area (Å²) >= 11 is 0. The molecule has 1 aromatic carbocycles. The molecule has 2 nitrogen and oxygen atoms in total. The Balaban J connectivity index is 1.68. The maximum Gasteiger partial charge on any atom is 0.251 e. The van der Waals surface area contributed by atoms with Gasteiger partial charge in [-0.15, -0.1) is 0 Å². The van der Waals surface area contributed by atoms with Crippen LogP contribution < -0.4 is 5.32 Å². The van der Waals surface area contributed by atoms with E-state index < -0.39 is 0 Å². The van der Waals surface area contributed by atoms with Gasteiger partial charge in [0.15, 0.2) is 0 Å². The number of nitrogens with one attached hydrogen (secondary N) is 1. The predicted molar refractivity (Wildman–Crippen MR) is 67.9 cm³/mol.